The monoisotopic (exact) mass is 808 g/mol. The number of allylic oxidation sites excluding steroid dienone is 1. The molecule has 1 amide bonds. The SMILES string of the molecule is CCO[C@@H]1OC(C(=O)N2CCc3cc(OC)c(OC)cc3[C@H]2C[C@H]2C[C@H]3c4cc(OC)c(OC)cc4CCN3C[C@@H]2CC)=C[C@H](c2coc3ccccc23)[C@H]1CCCO. The number of piperidine rings is 1. The first-order valence-electron chi connectivity index (χ1n) is 21.5. The van der Waals surface area contributed by atoms with Gasteiger partial charge >= 0.3 is 0 Å². The van der Waals surface area contributed by atoms with Crippen LogP contribution >= 0.6 is 0 Å². The topological polar surface area (TPSA) is 112 Å². The minimum Gasteiger partial charge on any atom is -0.493 e. The summed E-state index contributed by atoms with van der Waals surface area (Å²) in [4.78, 5) is 20.0. The van der Waals surface area contributed by atoms with Gasteiger partial charge in [0.1, 0.15) is 5.58 Å². The number of para-hydroxylation sites is 1. The van der Waals surface area contributed by atoms with Gasteiger partial charge in [0.05, 0.1) is 40.7 Å². The number of furan rings is 1. The van der Waals surface area contributed by atoms with Gasteiger partial charge in [-0.2, -0.15) is 0 Å². The predicted molar refractivity (Wildman–Crippen MR) is 225 cm³/mol. The Bertz CT molecular complexity index is 2150. The van der Waals surface area contributed by atoms with Gasteiger partial charge in [0.15, 0.2) is 28.8 Å². The van der Waals surface area contributed by atoms with E-state index in [1.54, 1.807) is 34.7 Å². The minimum atomic E-state index is -0.676. The molecule has 59 heavy (non-hydrogen) atoms. The number of benzene rings is 3. The molecule has 0 spiro atoms. The van der Waals surface area contributed by atoms with E-state index >= 15 is 4.79 Å². The molecule has 0 radical (unpaired) electrons. The number of carbonyl (C=O) groups is 1. The number of fused-ring (bicyclic) bond motifs is 5. The third kappa shape index (κ3) is 7.77. The highest BCUT2D eigenvalue weighted by Crippen LogP contribution is 2.50. The normalized spacial score (nSPS) is 25.3. The second-order valence-electron chi connectivity index (χ2n) is 16.5. The minimum absolute atomic E-state index is 0.0542. The zero-order chi connectivity index (χ0) is 41.2. The number of ether oxygens (including phenoxy) is 6. The van der Waals surface area contributed by atoms with Crippen molar-refractivity contribution in [3.63, 3.8) is 0 Å². The Hall–Kier alpha value is -4.71. The van der Waals surface area contributed by atoms with E-state index in [1.165, 1.54) is 16.7 Å². The van der Waals surface area contributed by atoms with E-state index in [9.17, 15) is 5.11 Å². The molecule has 5 heterocycles. The Morgan fingerprint density at radius 3 is 2.22 bits per heavy atom. The molecule has 4 aliphatic heterocycles. The quantitative estimate of drug-likeness (QED) is 0.133. The summed E-state index contributed by atoms with van der Waals surface area (Å²) in [5.74, 6) is 3.41. The fourth-order valence-corrected chi connectivity index (χ4v) is 10.6. The lowest BCUT2D eigenvalue weighted by molar-refractivity contribution is -0.171. The first-order valence-corrected chi connectivity index (χ1v) is 21.5. The van der Waals surface area contributed by atoms with Gasteiger partial charge in [-0.15, -0.1) is 0 Å². The Morgan fingerprint density at radius 1 is 0.847 bits per heavy atom. The van der Waals surface area contributed by atoms with E-state index in [0.29, 0.717) is 55.7 Å². The lowest BCUT2D eigenvalue weighted by Crippen LogP contribution is -2.48. The van der Waals surface area contributed by atoms with Crippen molar-refractivity contribution in [1.82, 2.24) is 9.80 Å². The molecule has 0 unspecified atom stereocenters. The van der Waals surface area contributed by atoms with Gasteiger partial charge in [-0.05, 0) is 116 Å². The third-order valence-corrected chi connectivity index (χ3v) is 13.6. The molecule has 11 heteroatoms. The van der Waals surface area contributed by atoms with Crippen LogP contribution in [-0.4, -0.2) is 88.4 Å². The van der Waals surface area contributed by atoms with Crippen LogP contribution in [0.1, 0.15) is 91.8 Å². The van der Waals surface area contributed by atoms with Crippen LogP contribution in [0.3, 0.4) is 0 Å². The van der Waals surface area contributed by atoms with E-state index in [1.807, 2.05) is 36.1 Å². The van der Waals surface area contributed by atoms with E-state index in [2.05, 4.69) is 42.2 Å². The van der Waals surface area contributed by atoms with Crippen molar-refractivity contribution in [3.05, 3.63) is 94.4 Å². The molecule has 4 aromatic rings. The fourth-order valence-electron chi connectivity index (χ4n) is 10.6. The van der Waals surface area contributed by atoms with Crippen LogP contribution in [0.2, 0.25) is 0 Å². The summed E-state index contributed by atoms with van der Waals surface area (Å²) in [6.45, 7) is 7.25. The van der Waals surface area contributed by atoms with Crippen LogP contribution in [-0.2, 0) is 27.1 Å². The fraction of sp³-hybridized carbons (Fsp3) is 0.521. The smallest absolute Gasteiger partial charge is 0.289 e. The summed E-state index contributed by atoms with van der Waals surface area (Å²) in [5.41, 5.74) is 6.66. The molecular formula is C48H60N2O9. The molecule has 0 bridgehead atoms. The highest BCUT2D eigenvalue weighted by molar-refractivity contribution is 5.93. The van der Waals surface area contributed by atoms with E-state index in [0.717, 1.165) is 72.4 Å². The molecule has 1 saturated heterocycles. The van der Waals surface area contributed by atoms with Crippen LogP contribution in [0.25, 0.3) is 11.0 Å². The van der Waals surface area contributed by atoms with Crippen molar-refractivity contribution < 1.29 is 42.7 Å². The molecule has 8 rings (SSSR count). The van der Waals surface area contributed by atoms with Crippen molar-refractivity contribution in [2.24, 2.45) is 17.8 Å². The van der Waals surface area contributed by atoms with E-state index in [4.69, 9.17) is 32.8 Å². The second kappa shape index (κ2) is 17.9. The standard InChI is InChI=1S/C48H60N2O9/c1-7-29-27-49-17-15-30-22-42(53-3)44(55-5)24-35(30)39(49)20-32(29)21-40-36-25-45(56-6)43(54-4)23-31(36)16-18-50(40)47(52)46-26-37(34(13-11-19-51)48(59-46)57-8-2)38-28-58-41-14-10-9-12-33(38)41/h9-10,12,14,22-26,28-29,32,34,37,39-40,48,51H,7-8,11,13,15-21,27H2,1-6H3/t29-,32+,34+,37-,39-,40+,48+/m0/s1. The molecule has 0 saturated carbocycles. The highest BCUT2D eigenvalue weighted by Gasteiger charge is 2.45. The number of methoxy groups -OCH3 is 4. The first kappa shape index (κ1) is 41.0. The second-order valence-corrected chi connectivity index (χ2v) is 16.5. The molecule has 1 aromatic heterocycles. The van der Waals surface area contributed by atoms with E-state index in [-0.39, 0.29) is 42.2 Å². The summed E-state index contributed by atoms with van der Waals surface area (Å²) in [6.07, 6.45) is 8.81. The molecule has 3 aromatic carbocycles. The summed E-state index contributed by atoms with van der Waals surface area (Å²) < 4.78 is 42.2. The summed E-state index contributed by atoms with van der Waals surface area (Å²) in [6, 6.07) is 16.5. The van der Waals surface area contributed by atoms with Gasteiger partial charge in [-0.25, -0.2) is 0 Å². The summed E-state index contributed by atoms with van der Waals surface area (Å²) in [5, 5.41) is 10.9. The maximum absolute atomic E-state index is 15.3. The van der Waals surface area contributed by atoms with Gasteiger partial charge in [0.25, 0.3) is 5.91 Å². The average molecular weight is 809 g/mol. The molecule has 7 atom stereocenters. The maximum Gasteiger partial charge on any atom is 0.289 e. The third-order valence-electron chi connectivity index (χ3n) is 13.6. The van der Waals surface area contributed by atoms with Crippen molar-refractivity contribution in [2.45, 2.75) is 83.1 Å². The van der Waals surface area contributed by atoms with Crippen molar-refractivity contribution in [3.8, 4) is 23.0 Å². The maximum atomic E-state index is 15.3. The lowest BCUT2D eigenvalue weighted by Gasteiger charge is -2.49. The molecule has 0 aliphatic carbocycles. The molecule has 4 aliphatic rings. The van der Waals surface area contributed by atoms with Crippen LogP contribution in [0.5, 0.6) is 23.0 Å². The lowest BCUT2D eigenvalue weighted by atomic mass is 9.72. The molecule has 1 fully saturated rings. The van der Waals surface area contributed by atoms with Crippen LogP contribution in [0.4, 0.5) is 0 Å². The Balaban J connectivity index is 1.18. The Kier molecular flexibility index (Phi) is 12.4. The number of hydrogen-bond acceptors (Lipinski definition) is 10. The molecule has 11 nitrogen and oxygen atoms in total. The largest absolute Gasteiger partial charge is 0.493 e. The van der Waals surface area contributed by atoms with Crippen LogP contribution in [0.15, 0.2) is 71.0 Å². The van der Waals surface area contributed by atoms with Gasteiger partial charge in [0, 0.05) is 61.7 Å². The van der Waals surface area contributed by atoms with Gasteiger partial charge in [-0.1, -0.05) is 31.5 Å². The van der Waals surface area contributed by atoms with Crippen LogP contribution < -0.4 is 18.9 Å². The first-order chi connectivity index (χ1) is 28.8. The number of amides is 1. The summed E-state index contributed by atoms with van der Waals surface area (Å²) >= 11 is 0. The number of carbonyl (C=O) groups excluding carboxylic acids is 1. The van der Waals surface area contributed by atoms with Gasteiger partial charge in [-0.3, -0.25) is 9.69 Å². The summed E-state index contributed by atoms with van der Waals surface area (Å²) in [7, 11) is 6.73. The average Bonchev–Trinajstić information content (AvgIpc) is 3.71. The zero-order valence-corrected chi connectivity index (χ0v) is 35.4. The number of aliphatic hydroxyl groups is 1. The van der Waals surface area contributed by atoms with Crippen molar-refractivity contribution >= 4 is 16.9 Å². The van der Waals surface area contributed by atoms with Gasteiger partial charge in [0.2, 0.25) is 6.29 Å². The Morgan fingerprint density at radius 2 is 1.53 bits per heavy atom. The van der Waals surface area contributed by atoms with Crippen LogP contribution in [0, 0.1) is 17.8 Å². The highest BCUT2D eigenvalue weighted by atomic mass is 16.7. The number of aliphatic hydroxyl groups excluding tert-OH is 1. The van der Waals surface area contributed by atoms with Crippen molar-refractivity contribution in [1.29, 1.82) is 0 Å². The molecule has 1 N–H and O–H groups in total. The Labute approximate surface area is 348 Å². The molecule has 316 valence electrons. The zero-order valence-electron chi connectivity index (χ0n) is 35.4. The number of rotatable bonds is 14. The predicted octanol–water partition coefficient (Wildman–Crippen LogP) is 8.38. The van der Waals surface area contributed by atoms with E-state index < -0.39 is 6.29 Å². The van der Waals surface area contributed by atoms with Gasteiger partial charge < -0.3 is 42.8 Å². The number of nitrogens with zero attached hydrogens (tertiary/aromatic N) is 2. The number of hydrogen-bond donors (Lipinski definition) is 1. The molecular weight excluding hydrogens is 749 g/mol. The van der Waals surface area contributed by atoms with Crippen molar-refractivity contribution in [2.75, 3.05) is 61.3 Å².